The first-order valence-electron chi connectivity index (χ1n) is 13.3. The van der Waals surface area contributed by atoms with E-state index in [2.05, 4.69) is 21.9 Å². The fourth-order valence-electron chi connectivity index (χ4n) is 5.22. The predicted molar refractivity (Wildman–Crippen MR) is 157 cm³/mol. The molecular formula is C32H33N5O2. The molecule has 1 aliphatic carbocycles. The highest BCUT2D eigenvalue weighted by Gasteiger charge is 2.21. The Morgan fingerprint density at radius 1 is 1.23 bits per heavy atom. The highest BCUT2D eigenvalue weighted by atomic mass is 16.3. The molecule has 5 N–H and O–H groups in total. The van der Waals surface area contributed by atoms with E-state index in [1.807, 2.05) is 55.5 Å². The van der Waals surface area contributed by atoms with Crippen LogP contribution < -0.4 is 11.1 Å². The van der Waals surface area contributed by atoms with Crippen molar-refractivity contribution in [3.63, 3.8) is 0 Å². The number of nitrogens with two attached hydrogens (primary N) is 1. The van der Waals surface area contributed by atoms with E-state index in [0.717, 1.165) is 64.5 Å². The molecule has 1 fully saturated rings. The lowest BCUT2D eigenvalue weighted by Crippen LogP contribution is -2.30. The SMILES string of the molecule is C=C/C=C(\C=C(/C)NC(=O)C1CCCCC1)c1cnc(N)c(C(=N)c2cc3c(-c4ccoc4)cccc3[nH]2)c1. The van der Waals surface area contributed by atoms with E-state index >= 15 is 0 Å². The quantitative estimate of drug-likeness (QED) is 0.148. The smallest absolute Gasteiger partial charge is 0.227 e. The molecule has 1 saturated carbocycles. The number of fused-ring (bicyclic) bond motifs is 1. The molecular weight excluding hydrogens is 486 g/mol. The number of carbonyl (C=O) groups excluding carboxylic acids is 1. The fourth-order valence-corrected chi connectivity index (χ4v) is 5.22. The monoisotopic (exact) mass is 519 g/mol. The summed E-state index contributed by atoms with van der Waals surface area (Å²) in [6.45, 7) is 5.73. The third-order valence-electron chi connectivity index (χ3n) is 7.25. The van der Waals surface area contributed by atoms with Gasteiger partial charge in [0.1, 0.15) is 5.82 Å². The average Bonchev–Trinajstić information content (AvgIpc) is 3.64. The first-order valence-corrected chi connectivity index (χ1v) is 13.3. The number of pyridine rings is 1. The Labute approximate surface area is 228 Å². The molecule has 0 atom stereocenters. The minimum absolute atomic E-state index is 0.0736. The molecule has 1 amide bonds. The van der Waals surface area contributed by atoms with Crippen molar-refractivity contribution in [2.45, 2.75) is 39.0 Å². The van der Waals surface area contributed by atoms with Gasteiger partial charge in [-0.05, 0) is 61.2 Å². The molecule has 1 aliphatic rings. The molecule has 39 heavy (non-hydrogen) atoms. The number of carbonyl (C=O) groups is 1. The van der Waals surface area contributed by atoms with Crippen molar-refractivity contribution in [3.05, 3.63) is 102 Å². The number of hydrogen-bond acceptors (Lipinski definition) is 5. The number of nitrogens with zero attached hydrogens (tertiary/aromatic N) is 1. The zero-order valence-corrected chi connectivity index (χ0v) is 22.1. The standard InChI is InChI=1S/C32H33N5O2/c1-3-8-22(15-20(2)36-32(38)21-9-5-4-6-10-21)24-16-27(31(34)35-18-24)30(33)29-17-26-25(23-13-14-39-19-23)11-7-12-28(26)37-29/h3,7-8,11-19,21,33,37H,1,4-6,9-10H2,2H3,(H2,34,35)(H,36,38)/b20-15+,22-8+,33-30?. The fraction of sp³-hybridized carbons (Fsp3) is 0.219. The first-order chi connectivity index (χ1) is 18.9. The number of aromatic nitrogens is 2. The summed E-state index contributed by atoms with van der Waals surface area (Å²) in [5, 5.41) is 13.0. The van der Waals surface area contributed by atoms with Gasteiger partial charge in [0, 0.05) is 45.4 Å². The van der Waals surface area contributed by atoms with Crippen molar-refractivity contribution < 1.29 is 9.21 Å². The van der Waals surface area contributed by atoms with Crippen molar-refractivity contribution >= 4 is 33.9 Å². The lowest BCUT2D eigenvalue weighted by molar-refractivity contribution is -0.125. The molecule has 5 rings (SSSR count). The molecule has 0 saturated heterocycles. The van der Waals surface area contributed by atoms with Crippen LogP contribution in [0.4, 0.5) is 5.82 Å². The molecule has 0 spiro atoms. The number of benzene rings is 1. The van der Waals surface area contributed by atoms with Crippen LogP contribution in [0.1, 0.15) is 55.8 Å². The Morgan fingerprint density at radius 2 is 2.05 bits per heavy atom. The van der Waals surface area contributed by atoms with Crippen molar-refractivity contribution in [1.29, 1.82) is 5.41 Å². The van der Waals surface area contributed by atoms with Crippen LogP contribution in [0, 0.1) is 11.3 Å². The van der Waals surface area contributed by atoms with Gasteiger partial charge in [0.15, 0.2) is 0 Å². The number of H-pyrrole nitrogens is 1. The van der Waals surface area contributed by atoms with Crippen molar-refractivity contribution in [2.75, 3.05) is 5.73 Å². The van der Waals surface area contributed by atoms with E-state index in [0.29, 0.717) is 11.3 Å². The average molecular weight is 520 g/mol. The highest BCUT2D eigenvalue weighted by molar-refractivity contribution is 6.15. The summed E-state index contributed by atoms with van der Waals surface area (Å²) in [6.07, 6.45) is 15.8. The molecule has 1 aromatic carbocycles. The minimum atomic E-state index is 0.0736. The maximum Gasteiger partial charge on any atom is 0.227 e. The Balaban J connectivity index is 1.43. The van der Waals surface area contributed by atoms with Gasteiger partial charge in [-0.2, -0.15) is 0 Å². The molecule has 0 unspecified atom stereocenters. The van der Waals surface area contributed by atoms with Gasteiger partial charge >= 0.3 is 0 Å². The van der Waals surface area contributed by atoms with Crippen LogP contribution in [0.2, 0.25) is 0 Å². The van der Waals surface area contributed by atoms with Gasteiger partial charge in [0.25, 0.3) is 0 Å². The van der Waals surface area contributed by atoms with E-state index in [1.165, 1.54) is 6.42 Å². The van der Waals surface area contributed by atoms with E-state index in [4.69, 9.17) is 15.6 Å². The normalized spacial score (nSPS) is 14.9. The van der Waals surface area contributed by atoms with Crippen LogP contribution in [0.25, 0.3) is 27.6 Å². The maximum atomic E-state index is 12.7. The summed E-state index contributed by atoms with van der Waals surface area (Å²) in [5.41, 5.74) is 12.9. The topological polar surface area (TPSA) is 121 Å². The zero-order valence-electron chi connectivity index (χ0n) is 22.1. The summed E-state index contributed by atoms with van der Waals surface area (Å²) >= 11 is 0. The number of amides is 1. The number of anilines is 1. The van der Waals surface area contributed by atoms with Gasteiger partial charge in [-0.1, -0.05) is 50.1 Å². The van der Waals surface area contributed by atoms with Gasteiger partial charge in [0.2, 0.25) is 5.91 Å². The van der Waals surface area contributed by atoms with Crippen LogP contribution in [-0.2, 0) is 4.79 Å². The number of allylic oxidation sites excluding steroid dienone is 5. The third-order valence-corrected chi connectivity index (χ3v) is 7.25. The second-order valence-corrected chi connectivity index (χ2v) is 10.0. The Hall–Kier alpha value is -4.65. The summed E-state index contributed by atoms with van der Waals surface area (Å²) in [6, 6.07) is 11.7. The van der Waals surface area contributed by atoms with Crippen molar-refractivity contribution in [2.24, 2.45) is 5.92 Å². The van der Waals surface area contributed by atoms with Gasteiger partial charge in [-0.3, -0.25) is 10.2 Å². The van der Waals surface area contributed by atoms with Crippen LogP contribution in [0.15, 0.2) is 90.0 Å². The summed E-state index contributed by atoms with van der Waals surface area (Å²) in [5.74, 6) is 0.416. The van der Waals surface area contributed by atoms with Gasteiger partial charge in [-0.25, -0.2) is 4.98 Å². The van der Waals surface area contributed by atoms with Crippen LogP contribution in [0.5, 0.6) is 0 Å². The number of hydrogen-bond donors (Lipinski definition) is 4. The maximum absolute atomic E-state index is 12.7. The van der Waals surface area contributed by atoms with Crippen molar-refractivity contribution in [3.8, 4) is 11.1 Å². The zero-order chi connectivity index (χ0) is 27.4. The first kappa shape index (κ1) is 26.0. The van der Waals surface area contributed by atoms with E-state index in [-0.39, 0.29) is 23.4 Å². The molecule has 0 bridgehead atoms. The minimum Gasteiger partial charge on any atom is -0.472 e. The van der Waals surface area contributed by atoms with Crippen LogP contribution in [-0.4, -0.2) is 21.6 Å². The predicted octanol–water partition coefficient (Wildman–Crippen LogP) is 6.99. The molecule has 7 nitrogen and oxygen atoms in total. The Kier molecular flexibility index (Phi) is 7.59. The second-order valence-electron chi connectivity index (χ2n) is 10.0. The van der Waals surface area contributed by atoms with E-state index in [9.17, 15) is 4.79 Å². The molecule has 3 aromatic heterocycles. The van der Waals surface area contributed by atoms with Gasteiger partial charge in [-0.15, -0.1) is 0 Å². The number of nitrogen functional groups attached to an aromatic ring is 1. The largest absolute Gasteiger partial charge is 0.472 e. The number of aromatic amines is 1. The highest BCUT2D eigenvalue weighted by Crippen LogP contribution is 2.31. The van der Waals surface area contributed by atoms with Gasteiger partial charge < -0.3 is 20.5 Å². The second kappa shape index (κ2) is 11.4. The third kappa shape index (κ3) is 5.62. The molecule has 198 valence electrons. The number of furan rings is 1. The van der Waals surface area contributed by atoms with Crippen LogP contribution >= 0.6 is 0 Å². The number of rotatable bonds is 8. The van der Waals surface area contributed by atoms with Gasteiger partial charge in [0.05, 0.1) is 23.9 Å². The molecule has 3 heterocycles. The van der Waals surface area contributed by atoms with E-state index in [1.54, 1.807) is 24.8 Å². The lowest BCUT2D eigenvalue weighted by atomic mass is 9.88. The van der Waals surface area contributed by atoms with E-state index < -0.39 is 0 Å². The molecule has 4 aromatic rings. The molecule has 7 heteroatoms. The Morgan fingerprint density at radius 3 is 2.79 bits per heavy atom. The van der Waals surface area contributed by atoms with Crippen molar-refractivity contribution in [1.82, 2.24) is 15.3 Å². The summed E-state index contributed by atoms with van der Waals surface area (Å²) < 4.78 is 5.27. The van der Waals surface area contributed by atoms with Crippen LogP contribution in [0.3, 0.4) is 0 Å². The Bertz CT molecular complexity index is 1580. The summed E-state index contributed by atoms with van der Waals surface area (Å²) in [7, 11) is 0. The number of nitrogens with one attached hydrogen (secondary N) is 3. The molecule has 0 radical (unpaired) electrons. The lowest BCUT2D eigenvalue weighted by Gasteiger charge is -2.21. The summed E-state index contributed by atoms with van der Waals surface area (Å²) in [4.78, 5) is 20.5. The molecule has 0 aliphatic heterocycles.